The van der Waals surface area contributed by atoms with Crippen LogP contribution in [0.25, 0.3) is 0 Å². The van der Waals surface area contributed by atoms with Crippen molar-refractivity contribution in [1.29, 1.82) is 0 Å². The molecular weight excluding hydrogens is 475 g/mol. The van der Waals surface area contributed by atoms with Crippen molar-refractivity contribution >= 4 is 29.1 Å². The summed E-state index contributed by atoms with van der Waals surface area (Å²) in [5.74, 6) is -1.10. The van der Waals surface area contributed by atoms with Crippen LogP contribution in [-0.4, -0.2) is 65.7 Å². The number of hydrogen-bond acceptors (Lipinski definition) is 5. The number of nitrogens with zero attached hydrogens (tertiary/aromatic N) is 3. The molecule has 2 fully saturated rings. The molecule has 0 saturated carbocycles. The van der Waals surface area contributed by atoms with Crippen molar-refractivity contribution in [2.24, 2.45) is 5.92 Å². The van der Waals surface area contributed by atoms with E-state index in [0.29, 0.717) is 41.7 Å². The Morgan fingerprint density at radius 3 is 2.71 bits per heavy atom. The highest BCUT2D eigenvalue weighted by Gasteiger charge is 2.33. The second kappa shape index (κ2) is 10.5. The van der Waals surface area contributed by atoms with Crippen LogP contribution in [0.3, 0.4) is 0 Å². The number of aromatic nitrogens is 1. The lowest BCUT2D eigenvalue weighted by atomic mass is 10.0. The molecule has 0 radical (unpaired) electrons. The fraction of sp³-hybridized carbons (Fsp3) is 0.480. The van der Waals surface area contributed by atoms with Crippen molar-refractivity contribution < 1.29 is 28.7 Å². The van der Waals surface area contributed by atoms with Gasteiger partial charge in [-0.05, 0) is 49.6 Å². The van der Waals surface area contributed by atoms with E-state index < -0.39 is 11.7 Å². The monoisotopic (exact) mass is 505 g/mol. The molecular formula is C25H31ClFN4O4+. The van der Waals surface area contributed by atoms with E-state index in [2.05, 4.69) is 17.1 Å². The molecule has 0 aliphatic carbocycles. The highest BCUT2D eigenvalue weighted by Crippen LogP contribution is 2.28. The largest absolute Gasteiger partial charge is 0.381 e. The molecule has 0 bridgehead atoms. The third kappa shape index (κ3) is 5.58. The highest BCUT2D eigenvalue weighted by molar-refractivity contribution is 6.31. The smallest absolute Gasteiger partial charge is 0.266 e. The first kappa shape index (κ1) is 25.3. The molecule has 1 aromatic heterocycles. The average molecular weight is 506 g/mol. The summed E-state index contributed by atoms with van der Waals surface area (Å²) < 4.78 is 20.0. The van der Waals surface area contributed by atoms with Gasteiger partial charge >= 0.3 is 0 Å². The van der Waals surface area contributed by atoms with E-state index in [1.165, 1.54) is 6.92 Å². The van der Waals surface area contributed by atoms with Gasteiger partial charge < -0.3 is 15.0 Å². The number of amides is 2. The van der Waals surface area contributed by atoms with Gasteiger partial charge in [0.05, 0.1) is 12.5 Å². The van der Waals surface area contributed by atoms with Gasteiger partial charge in [-0.1, -0.05) is 11.6 Å². The maximum absolute atomic E-state index is 14.0. The maximum Gasteiger partial charge on any atom is 0.266 e. The molecule has 10 heteroatoms. The number of benzene rings is 1. The molecule has 3 heterocycles. The molecule has 8 nitrogen and oxygen atoms in total. The van der Waals surface area contributed by atoms with Crippen molar-refractivity contribution in [2.45, 2.75) is 39.8 Å². The molecule has 2 aliphatic rings. The predicted octanol–water partition coefficient (Wildman–Crippen LogP) is 2.94. The van der Waals surface area contributed by atoms with Crippen molar-refractivity contribution in [3.05, 3.63) is 57.6 Å². The normalized spacial score (nSPS) is 20.8. The van der Waals surface area contributed by atoms with E-state index in [-0.39, 0.29) is 29.1 Å². The van der Waals surface area contributed by atoms with Crippen LogP contribution in [0.5, 0.6) is 0 Å². The lowest BCUT2D eigenvalue weighted by molar-refractivity contribution is -0.909. The molecule has 4 rings (SSSR count). The zero-order valence-corrected chi connectivity index (χ0v) is 20.9. The minimum atomic E-state index is -0.684. The molecule has 2 amide bonds. The van der Waals surface area contributed by atoms with Crippen LogP contribution >= 0.6 is 11.6 Å². The van der Waals surface area contributed by atoms with Gasteiger partial charge in [0.15, 0.2) is 5.82 Å². The number of nitrogens with one attached hydrogen (secondary N) is 1. The zero-order chi connectivity index (χ0) is 25.3. The Kier molecular flexibility index (Phi) is 7.59. The first-order chi connectivity index (χ1) is 16.6. The Labute approximate surface area is 209 Å². The summed E-state index contributed by atoms with van der Waals surface area (Å²) >= 11 is 6.37. The SMILES string of the molecule is Cc1c(CN2CCN(C(=O)[C@@H]3CCOC3)[C@@H](C)C2)cc(Cl)cc1NC(=O)c1cc(F)c(C)[n+](O)c1. The van der Waals surface area contributed by atoms with E-state index in [0.717, 1.165) is 42.9 Å². The molecule has 2 aromatic rings. The minimum absolute atomic E-state index is 0.00961. The number of hydrogen-bond donors (Lipinski definition) is 2. The summed E-state index contributed by atoms with van der Waals surface area (Å²) in [6, 6.07) is 4.69. The quantitative estimate of drug-likeness (QED) is 0.482. The Morgan fingerprint density at radius 2 is 2.06 bits per heavy atom. The third-order valence-electron chi connectivity index (χ3n) is 6.89. The number of carbonyl (C=O) groups is 2. The summed E-state index contributed by atoms with van der Waals surface area (Å²) in [5.41, 5.74) is 2.32. The van der Waals surface area contributed by atoms with Gasteiger partial charge in [0.2, 0.25) is 12.1 Å². The Morgan fingerprint density at radius 1 is 1.29 bits per heavy atom. The lowest BCUT2D eigenvalue weighted by Crippen LogP contribution is -2.55. The molecule has 0 spiro atoms. The van der Waals surface area contributed by atoms with E-state index in [9.17, 15) is 19.2 Å². The Bertz CT molecular complexity index is 1120. The van der Waals surface area contributed by atoms with Gasteiger partial charge in [0.25, 0.3) is 11.6 Å². The molecule has 188 valence electrons. The maximum atomic E-state index is 14.0. The summed E-state index contributed by atoms with van der Waals surface area (Å²) in [7, 11) is 0. The highest BCUT2D eigenvalue weighted by atomic mass is 35.5. The number of pyridine rings is 1. The summed E-state index contributed by atoms with van der Waals surface area (Å²) in [6.45, 7) is 9.25. The Balaban J connectivity index is 1.44. The van der Waals surface area contributed by atoms with Gasteiger partial charge in [0.1, 0.15) is 5.56 Å². The molecule has 35 heavy (non-hydrogen) atoms. The van der Waals surface area contributed by atoms with Crippen LogP contribution in [0.15, 0.2) is 24.4 Å². The van der Waals surface area contributed by atoms with Crippen LogP contribution in [0.4, 0.5) is 10.1 Å². The third-order valence-corrected chi connectivity index (χ3v) is 7.11. The predicted molar refractivity (Wildman–Crippen MR) is 128 cm³/mol. The van der Waals surface area contributed by atoms with Gasteiger partial charge in [-0.3, -0.25) is 19.7 Å². The van der Waals surface area contributed by atoms with Crippen LogP contribution < -0.4 is 10.0 Å². The summed E-state index contributed by atoms with van der Waals surface area (Å²) in [6.07, 6.45) is 1.95. The van der Waals surface area contributed by atoms with Crippen LogP contribution in [0, 0.1) is 25.6 Å². The zero-order valence-electron chi connectivity index (χ0n) is 20.2. The second-order valence-electron chi connectivity index (χ2n) is 9.37. The summed E-state index contributed by atoms with van der Waals surface area (Å²) in [5, 5.41) is 13.0. The minimum Gasteiger partial charge on any atom is -0.381 e. The topological polar surface area (TPSA) is 86.0 Å². The molecule has 0 unspecified atom stereocenters. The number of carbonyl (C=O) groups excluding carboxylic acids is 2. The fourth-order valence-electron chi connectivity index (χ4n) is 4.67. The van der Waals surface area contributed by atoms with E-state index in [1.54, 1.807) is 6.07 Å². The van der Waals surface area contributed by atoms with Crippen molar-refractivity contribution in [3.63, 3.8) is 0 Å². The number of piperazine rings is 1. The molecule has 2 saturated heterocycles. The van der Waals surface area contributed by atoms with E-state index in [4.69, 9.17) is 16.3 Å². The Hall–Kier alpha value is -2.75. The van der Waals surface area contributed by atoms with Gasteiger partial charge in [-0.15, -0.1) is 0 Å². The molecule has 2 N–H and O–H groups in total. The van der Waals surface area contributed by atoms with Crippen molar-refractivity contribution in [2.75, 3.05) is 38.2 Å². The first-order valence-corrected chi connectivity index (χ1v) is 12.1. The fourth-order valence-corrected chi connectivity index (χ4v) is 4.91. The van der Waals surface area contributed by atoms with Crippen LogP contribution in [0.1, 0.15) is 40.5 Å². The van der Waals surface area contributed by atoms with Crippen LogP contribution in [-0.2, 0) is 16.1 Å². The number of rotatable bonds is 5. The average Bonchev–Trinajstić information content (AvgIpc) is 3.35. The molecule has 1 aromatic carbocycles. The van der Waals surface area contributed by atoms with E-state index >= 15 is 0 Å². The van der Waals surface area contributed by atoms with Gasteiger partial charge in [0, 0.05) is 61.2 Å². The van der Waals surface area contributed by atoms with Crippen molar-refractivity contribution in [1.82, 2.24) is 9.80 Å². The van der Waals surface area contributed by atoms with Crippen LogP contribution in [0.2, 0.25) is 5.02 Å². The number of anilines is 1. The summed E-state index contributed by atoms with van der Waals surface area (Å²) in [4.78, 5) is 29.8. The molecule has 2 atom stereocenters. The molecule has 2 aliphatic heterocycles. The van der Waals surface area contributed by atoms with Crippen molar-refractivity contribution in [3.8, 4) is 0 Å². The van der Waals surface area contributed by atoms with E-state index in [1.807, 2.05) is 17.9 Å². The number of halogens is 2. The second-order valence-corrected chi connectivity index (χ2v) is 9.81. The lowest BCUT2D eigenvalue weighted by Gasteiger charge is -2.41. The first-order valence-electron chi connectivity index (χ1n) is 11.8. The standard InChI is InChI=1S/C25H30ClFN4O4/c1-15-11-29(5-6-30(15)25(33)18-4-7-35-14-18)12-19-8-21(26)10-23(16(19)2)28-24(32)20-9-22(27)17(3)31(34)13-20/h8-10,13,15,18H,4-7,11-12,14H2,1-3H3,(H-,28,32,34)/p+1/t15-,18+/m0/s1. The van der Waals surface area contributed by atoms with Gasteiger partial charge in [-0.2, -0.15) is 4.39 Å². The number of ether oxygens (including phenoxy) is 1. The van der Waals surface area contributed by atoms with Gasteiger partial charge in [-0.25, -0.2) is 0 Å².